The predicted molar refractivity (Wildman–Crippen MR) is 60.9 cm³/mol. The van der Waals surface area contributed by atoms with Crippen molar-refractivity contribution in [3.8, 4) is 0 Å². The van der Waals surface area contributed by atoms with Crippen LogP contribution in [0.3, 0.4) is 0 Å². The monoisotopic (exact) mass is 239 g/mol. The topological polar surface area (TPSA) is 12.0 Å². The van der Waals surface area contributed by atoms with Gasteiger partial charge in [-0.1, -0.05) is 52.8 Å². The molecule has 70 valence electrons. The van der Waals surface area contributed by atoms with E-state index >= 15 is 0 Å². The average molecular weight is 240 g/mol. The van der Waals surface area contributed by atoms with Crippen molar-refractivity contribution in [3.63, 3.8) is 0 Å². The summed E-state index contributed by atoms with van der Waals surface area (Å²) in [6.45, 7) is 6.72. The Bertz CT molecular complexity index is 269. The van der Waals surface area contributed by atoms with Crippen LogP contribution < -0.4 is 5.32 Å². The molecule has 0 aliphatic carbocycles. The van der Waals surface area contributed by atoms with Crippen molar-refractivity contribution in [2.45, 2.75) is 13.0 Å². The zero-order valence-electron chi connectivity index (χ0n) is 7.76. The molecule has 0 aromatic heterocycles. The Kier molecular flexibility index (Phi) is 4.19. The van der Waals surface area contributed by atoms with Gasteiger partial charge < -0.3 is 5.32 Å². The van der Waals surface area contributed by atoms with Crippen LogP contribution in [0.2, 0.25) is 0 Å². The number of halogens is 1. The molecule has 1 aromatic rings. The molecule has 0 spiro atoms. The van der Waals surface area contributed by atoms with E-state index in [-0.39, 0.29) is 0 Å². The number of nitrogens with one attached hydrogen (secondary N) is 1. The summed E-state index contributed by atoms with van der Waals surface area (Å²) >= 11 is 3.32. The van der Waals surface area contributed by atoms with E-state index in [9.17, 15) is 0 Å². The number of benzene rings is 1. The van der Waals surface area contributed by atoms with E-state index in [1.807, 2.05) is 6.07 Å². The van der Waals surface area contributed by atoms with Crippen LogP contribution in [0.15, 0.2) is 41.4 Å². The van der Waals surface area contributed by atoms with Crippen LogP contribution in [0.1, 0.15) is 18.5 Å². The lowest BCUT2D eigenvalue weighted by Crippen LogP contribution is -2.19. The zero-order valence-corrected chi connectivity index (χ0v) is 9.34. The quantitative estimate of drug-likeness (QED) is 0.851. The molecule has 0 amide bonds. The van der Waals surface area contributed by atoms with E-state index in [0.29, 0.717) is 6.04 Å². The first-order chi connectivity index (χ1) is 6.20. The second kappa shape index (κ2) is 5.20. The molecule has 1 rings (SSSR count). The van der Waals surface area contributed by atoms with Gasteiger partial charge in [0.1, 0.15) is 0 Å². The van der Waals surface area contributed by atoms with E-state index in [1.54, 1.807) is 0 Å². The lowest BCUT2D eigenvalue weighted by atomic mass is 10.1. The third-order valence-corrected chi connectivity index (χ3v) is 2.18. The van der Waals surface area contributed by atoms with Gasteiger partial charge in [0.15, 0.2) is 0 Å². The van der Waals surface area contributed by atoms with Crippen LogP contribution in [-0.4, -0.2) is 6.54 Å². The van der Waals surface area contributed by atoms with Crippen LogP contribution >= 0.6 is 15.9 Å². The van der Waals surface area contributed by atoms with Crippen LogP contribution in [0.25, 0.3) is 0 Å². The van der Waals surface area contributed by atoms with Crippen LogP contribution in [0.4, 0.5) is 0 Å². The third-order valence-electron chi connectivity index (χ3n) is 1.90. The lowest BCUT2D eigenvalue weighted by molar-refractivity contribution is 0.616. The molecule has 1 N–H and O–H groups in total. The summed E-state index contributed by atoms with van der Waals surface area (Å²) in [5.41, 5.74) is 1.30. The van der Waals surface area contributed by atoms with E-state index in [2.05, 4.69) is 59.0 Å². The smallest absolute Gasteiger partial charge is 0.0295 e. The molecule has 0 aliphatic heterocycles. The van der Waals surface area contributed by atoms with Gasteiger partial charge in [0.2, 0.25) is 0 Å². The molecule has 0 aliphatic rings. The molecule has 0 radical (unpaired) electrons. The first kappa shape index (κ1) is 10.5. The van der Waals surface area contributed by atoms with E-state index in [0.717, 1.165) is 11.0 Å². The van der Waals surface area contributed by atoms with Crippen molar-refractivity contribution in [1.29, 1.82) is 0 Å². The second-order valence-electron chi connectivity index (χ2n) is 3.03. The van der Waals surface area contributed by atoms with E-state index < -0.39 is 0 Å². The molecule has 13 heavy (non-hydrogen) atoms. The van der Waals surface area contributed by atoms with Crippen molar-refractivity contribution in [3.05, 3.63) is 47.0 Å². The molecule has 1 aromatic carbocycles. The van der Waals surface area contributed by atoms with Crippen molar-refractivity contribution in [2.24, 2.45) is 0 Å². The Labute approximate surface area is 88.0 Å². The SMILES string of the molecule is C=C(Br)CNC(C)c1ccccc1. The molecule has 1 atom stereocenters. The summed E-state index contributed by atoms with van der Waals surface area (Å²) in [5.74, 6) is 0. The van der Waals surface area contributed by atoms with Gasteiger partial charge in [-0.25, -0.2) is 0 Å². The Morgan fingerprint density at radius 1 is 1.46 bits per heavy atom. The highest BCUT2D eigenvalue weighted by molar-refractivity contribution is 9.11. The third kappa shape index (κ3) is 3.75. The molecule has 0 saturated carbocycles. The van der Waals surface area contributed by atoms with Gasteiger partial charge >= 0.3 is 0 Å². The second-order valence-corrected chi connectivity index (χ2v) is 4.15. The Hall–Kier alpha value is -0.600. The highest BCUT2D eigenvalue weighted by Gasteiger charge is 2.02. The standard InChI is InChI=1S/C11H14BrN/c1-9(12)8-13-10(2)11-6-4-3-5-7-11/h3-7,10,13H,1,8H2,2H3. The summed E-state index contributed by atoms with van der Waals surface area (Å²) < 4.78 is 0.982. The molecule has 0 bridgehead atoms. The van der Waals surface area contributed by atoms with Crippen LogP contribution in [0.5, 0.6) is 0 Å². The van der Waals surface area contributed by atoms with Gasteiger partial charge in [-0.05, 0) is 12.5 Å². The predicted octanol–water partition coefficient (Wildman–Crippen LogP) is 3.25. The average Bonchev–Trinajstić information content (AvgIpc) is 2.15. The summed E-state index contributed by atoms with van der Waals surface area (Å²) in [6, 6.07) is 10.7. The summed E-state index contributed by atoms with van der Waals surface area (Å²) in [4.78, 5) is 0. The molecule has 2 heteroatoms. The zero-order chi connectivity index (χ0) is 9.68. The largest absolute Gasteiger partial charge is 0.306 e. The lowest BCUT2D eigenvalue weighted by Gasteiger charge is -2.13. The fraction of sp³-hybridized carbons (Fsp3) is 0.273. The van der Waals surface area contributed by atoms with Gasteiger partial charge in [0, 0.05) is 17.1 Å². The Balaban J connectivity index is 2.49. The van der Waals surface area contributed by atoms with Crippen molar-refractivity contribution in [2.75, 3.05) is 6.54 Å². The maximum atomic E-state index is 3.77. The summed E-state index contributed by atoms with van der Waals surface area (Å²) in [6.07, 6.45) is 0. The van der Waals surface area contributed by atoms with Crippen molar-refractivity contribution in [1.82, 2.24) is 5.32 Å². The number of hydrogen-bond acceptors (Lipinski definition) is 1. The summed E-state index contributed by atoms with van der Waals surface area (Å²) in [5, 5.41) is 3.35. The highest BCUT2D eigenvalue weighted by Crippen LogP contribution is 2.11. The van der Waals surface area contributed by atoms with Gasteiger partial charge in [0.05, 0.1) is 0 Å². The summed E-state index contributed by atoms with van der Waals surface area (Å²) in [7, 11) is 0. The van der Waals surface area contributed by atoms with Gasteiger partial charge in [0.25, 0.3) is 0 Å². The van der Waals surface area contributed by atoms with Gasteiger partial charge in [-0.3, -0.25) is 0 Å². The maximum absolute atomic E-state index is 3.77. The van der Waals surface area contributed by atoms with Crippen LogP contribution in [-0.2, 0) is 0 Å². The first-order valence-electron chi connectivity index (χ1n) is 4.32. The fourth-order valence-electron chi connectivity index (χ4n) is 1.12. The molecule has 1 nitrogen and oxygen atoms in total. The molecular weight excluding hydrogens is 226 g/mol. The van der Waals surface area contributed by atoms with Crippen LogP contribution in [0, 0.1) is 0 Å². The minimum atomic E-state index is 0.371. The number of hydrogen-bond donors (Lipinski definition) is 1. The van der Waals surface area contributed by atoms with Gasteiger partial charge in [-0.15, -0.1) is 0 Å². The van der Waals surface area contributed by atoms with E-state index in [4.69, 9.17) is 0 Å². The number of rotatable bonds is 4. The normalized spacial score (nSPS) is 12.5. The Morgan fingerprint density at radius 2 is 2.08 bits per heavy atom. The maximum Gasteiger partial charge on any atom is 0.0295 e. The minimum Gasteiger partial charge on any atom is -0.306 e. The molecule has 0 saturated heterocycles. The van der Waals surface area contributed by atoms with Gasteiger partial charge in [-0.2, -0.15) is 0 Å². The van der Waals surface area contributed by atoms with Crippen molar-refractivity contribution < 1.29 is 0 Å². The highest BCUT2D eigenvalue weighted by atomic mass is 79.9. The Morgan fingerprint density at radius 3 is 2.62 bits per heavy atom. The first-order valence-corrected chi connectivity index (χ1v) is 5.11. The molecule has 0 heterocycles. The molecular formula is C11H14BrN. The molecule has 1 unspecified atom stereocenters. The minimum absolute atomic E-state index is 0.371. The van der Waals surface area contributed by atoms with Crippen molar-refractivity contribution >= 4 is 15.9 Å². The fourth-order valence-corrected chi connectivity index (χ4v) is 1.29. The van der Waals surface area contributed by atoms with E-state index in [1.165, 1.54) is 5.56 Å². The molecule has 0 fully saturated rings.